The van der Waals surface area contributed by atoms with Gasteiger partial charge in [0, 0.05) is 5.25 Å². The van der Waals surface area contributed by atoms with Gasteiger partial charge >= 0.3 is 0 Å². The predicted octanol–water partition coefficient (Wildman–Crippen LogP) is 2.54. The molecule has 0 aromatic heterocycles. The summed E-state index contributed by atoms with van der Waals surface area (Å²) >= 11 is 2.22. The molecule has 0 aromatic rings. The molecule has 0 radical (unpaired) electrons. The van der Waals surface area contributed by atoms with E-state index in [1.807, 2.05) is 0 Å². The van der Waals surface area contributed by atoms with Crippen LogP contribution in [0.25, 0.3) is 0 Å². The van der Waals surface area contributed by atoms with Crippen LogP contribution in [0.2, 0.25) is 0 Å². The summed E-state index contributed by atoms with van der Waals surface area (Å²) in [6.07, 6.45) is 4.54. The third-order valence-electron chi connectivity index (χ3n) is 2.82. The quantitative estimate of drug-likeness (QED) is 0.501. The zero-order chi connectivity index (χ0) is 6.27. The maximum atomic E-state index is 2.42. The lowest BCUT2D eigenvalue weighted by Gasteiger charge is -2.11. The van der Waals surface area contributed by atoms with Gasteiger partial charge in [-0.25, -0.2) is 0 Å². The van der Waals surface area contributed by atoms with Gasteiger partial charge in [0.15, 0.2) is 0 Å². The first-order valence-corrected chi connectivity index (χ1v) is 5.04. The molecule has 0 bridgehead atoms. The second-order valence-electron chi connectivity index (χ2n) is 3.44. The van der Waals surface area contributed by atoms with E-state index in [0.717, 1.165) is 17.1 Å². The van der Waals surface area contributed by atoms with E-state index in [4.69, 9.17) is 0 Å². The topological polar surface area (TPSA) is 0 Å². The van der Waals surface area contributed by atoms with Crippen molar-refractivity contribution in [3.8, 4) is 0 Å². The molecule has 2 fully saturated rings. The van der Waals surface area contributed by atoms with Crippen molar-refractivity contribution in [2.45, 2.75) is 31.4 Å². The molecule has 1 aliphatic carbocycles. The Bertz CT molecular complexity index is 111. The number of hydrogen-bond donors (Lipinski definition) is 0. The van der Waals surface area contributed by atoms with Crippen LogP contribution < -0.4 is 0 Å². The van der Waals surface area contributed by atoms with Gasteiger partial charge < -0.3 is 0 Å². The van der Waals surface area contributed by atoms with E-state index in [1.165, 1.54) is 25.0 Å². The van der Waals surface area contributed by atoms with Crippen LogP contribution in [0.3, 0.4) is 0 Å². The summed E-state index contributed by atoms with van der Waals surface area (Å²) in [7, 11) is 0. The van der Waals surface area contributed by atoms with E-state index >= 15 is 0 Å². The lowest BCUT2D eigenvalue weighted by atomic mass is 10.0. The average Bonchev–Trinajstić information content (AvgIpc) is 2.35. The number of rotatable bonds is 0. The molecule has 3 atom stereocenters. The zero-order valence-corrected chi connectivity index (χ0v) is 6.79. The van der Waals surface area contributed by atoms with Crippen molar-refractivity contribution in [2.75, 3.05) is 5.75 Å². The minimum Gasteiger partial charge on any atom is -0.158 e. The van der Waals surface area contributed by atoms with E-state index in [1.54, 1.807) is 0 Å². The van der Waals surface area contributed by atoms with Crippen molar-refractivity contribution < 1.29 is 0 Å². The highest BCUT2D eigenvalue weighted by molar-refractivity contribution is 8.00. The van der Waals surface area contributed by atoms with Gasteiger partial charge in [0.2, 0.25) is 0 Å². The predicted molar refractivity (Wildman–Crippen MR) is 42.8 cm³/mol. The highest BCUT2D eigenvalue weighted by Gasteiger charge is 2.36. The van der Waals surface area contributed by atoms with E-state index in [9.17, 15) is 0 Å². The van der Waals surface area contributed by atoms with Crippen molar-refractivity contribution in [2.24, 2.45) is 11.8 Å². The third-order valence-corrected chi connectivity index (χ3v) is 4.52. The zero-order valence-electron chi connectivity index (χ0n) is 5.97. The van der Waals surface area contributed by atoms with Crippen molar-refractivity contribution in [3.05, 3.63) is 0 Å². The molecule has 0 aromatic carbocycles. The highest BCUT2D eigenvalue weighted by atomic mass is 32.2. The molecule has 0 nitrogen and oxygen atoms in total. The molecule has 0 N–H and O–H groups in total. The largest absolute Gasteiger partial charge is 0.158 e. The van der Waals surface area contributed by atoms with Crippen molar-refractivity contribution in [1.29, 1.82) is 0 Å². The summed E-state index contributed by atoms with van der Waals surface area (Å²) in [6, 6.07) is 0. The van der Waals surface area contributed by atoms with Gasteiger partial charge in [0.05, 0.1) is 0 Å². The second-order valence-corrected chi connectivity index (χ2v) is 4.72. The Kier molecular flexibility index (Phi) is 1.48. The Labute approximate surface area is 61.4 Å². The SMILES string of the molecule is CC1CCC2CCSC12. The molecule has 9 heavy (non-hydrogen) atoms. The summed E-state index contributed by atoms with van der Waals surface area (Å²) in [6.45, 7) is 2.42. The van der Waals surface area contributed by atoms with Crippen LogP contribution in [0.5, 0.6) is 0 Å². The Morgan fingerprint density at radius 2 is 2.11 bits per heavy atom. The first-order chi connectivity index (χ1) is 4.38. The van der Waals surface area contributed by atoms with E-state index in [0.29, 0.717) is 0 Å². The van der Waals surface area contributed by atoms with E-state index in [-0.39, 0.29) is 0 Å². The van der Waals surface area contributed by atoms with Gasteiger partial charge in [-0.1, -0.05) is 6.92 Å². The molecule has 0 spiro atoms. The summed E-state index contributed by atoms with van der Waals surface area (Å²) in [4.78, 5) is 0. The lowest BCUT2D eigenvalue weighted by molar-refractivity contribution is 0.546. The molecule has 2 aliphatic rings. The summed E-state index contributed by atoms with van der Waals surface area (Å²) < 4.78 is 0. The fraction of sp³-hybridized carbons (Fsp3) is 1.00. The van der Waals surface area contributed by atoms with Crippen molar-refractivity contribution in [1.82, 2.24) is 0 Å². The fourth-order valence-electron chi connectivity index (χ4n) is 2.23. The maximum Gasteiger partial charge on any atom is 0.0101 e. The monoisotopic (exact) mass is 142 g/mol. The smallest absolute Gasteiger partial charge is 0.0101 e. The second kappa shape index (κ2) is 2.19. The van der Waals surface area contributed by atoms with Gasteiger partial charge in [-0.15, -0.1) is 0 Å². The van der Waals surface area contributed by atoms with Crippen LogP contribution in [0.15, 0.2) is 0 Å². The molecule has 0 amide bonds. The molecule has 2 rings (SSSR count). The van der Waals surface area contributed by atoms with Crippen LogP contribution in [-0.2, 0) is 0 Å². The minimum absolute atomic E-state index is 1.03. The molecule has 1 saturated heterocycles. The fourth-order valence-corrected chi connectivity index (χ4v) is 3.95. The molecule has 1 heteroatoms. The third kappa shape index (κ3) is 0.899. The van der Waals surface area contributed by atoms with Gasteiger partial charge in [0.25, 0.3) is 0 Å². The lowest BCUT2D eigenvalue weighted by Crippen LogP contribution is -2.08. The van der Waals surface area contributed by atoms with Gasteiger partial charge in [-0.05, 0) is 36.9 Å². The van der Waals surface area contributed by atoms with Gasteiger partial charge in [-0.3, -0.25) is 0 Å². The van der Waals surface area contributed by atoms with Gasteiger partial charge in [0.1, 0.15) is 0 Å². The van der Waals surface area contributed by atoms with Crippen LogP contribution in [0, 0.1) is 11.8 Å². The summed E-state index contributed by atoms with van der Waals surface area (Å²) in [5.74, 6) is 3.59. The van der Waals surface area contributed by atoms with Crippen LogP contribution >= 0.6 is 11.8 Å². The Morgan fingerprint density at radius 1 is 1.22 bits per heavy atom. The summed E-state index contributed by atoms with van der Waals surface area (Å²) in [5.41, 5.74) is 0. The number of hydrogen-bond acceptors (Lipinski definition) is 1. The Balaban J connectivity index is 2.07. The minimum atomic E-state index is 1.03. The van der Waals surface area contributed by atoms with Crippen LogP contribution in [-0.4, -0.2) is 11.0 Å². The molecular weight excluding hydrogens is 128 g/mol. The molecule has 52 valence electrons. The van der Waals surface area contributed by atoms with Crippen molar-refractivity contribution in [3.63, 3.8) is 0 Å². The summed E-state index contributed by atoms with van der Waals surface area (Å²) in [5, 5.41) is 1.06. The first kappa shape index (κ1) is 6.09. The van der Waals surface area contributed by atoms with Gasteiger partial charge in [-0.2, -0.15) is 11.8 Å². The highest BCUT2D eigenvalue weighted by Crippen LogP contribution is 2.46. The molecule has 1 heterocycles. The number of thioether (sulfide) groups is 1. The average molecular weight is 142 g/mol. The van der Waals surface area contributed by atoms with Crippen molar-refractivity contribution >= 4 is 11.8 Å². The Morgan fingerprint density at radius 3 is 2.89 bits per heavy atom. The standard InChI is InChI=1S/C8H14S/c1-6-2-3-7-4-5-9-8(6)7/h6-8H,2-5H2,1H3. The first-order valence-electron chi connectivity index (χ1n) is 3.99. The Hall–Kier alpha value is 0.350. The van der Waals surface area contributed by atoms with E-state index < -0.39 is 0 Å². The molecule has 1 aliphatic heterocycles. The molecule has 3 unspecified atom stereocenters. The number of fused-ring (bicyclic) bond motifs is 1. The molecule has 1 saturated carbocycles. The molecular formula is C8H14S. The normalized spacial score (nSPS) is 49.7. The maximum absolute atomic E-state index is 2.42. The van der Waals surface area contributed by atoms with E-state index in [2.05, 4.69) is 18.7 Å². The van der Waals surface area contributed by atoms with Crippen LogP contribution in [0.4, 0.5) is 0 Å². The van der Waals surface area contributed by atoms with Crippen LogP contribution in [0.1, 0.15) is 26.2 Å².